The lowest BCUT2D eigenvalue weighted by Crippen LogP contribution is -2.32. The Kier molecular flexibility index (Phi) is 6.42. The summed E-state index contributed by atoms with van der Waals surface area (Å²) in [6.45, 7) is -0.197. The van der Waals surface area contributed by atoms with E-state index in [-0.39, 0.29) is 13.0 Å². The molecule has 0 aromatic heterocycles. The molecular weight excluding hydrogens is 478 g/mol. The number of hydrogen-bond acceptors (Lipinski definition) is 5. The molecule has 0 fully saturated rings. The Morgan fingerprint density at radius 3 is 2.26 bits per heavy atom. The molecule has 0 aliphatic rings. The fourth-order valence-electron chi connectivity index (χ4n) is 1.32. The van der Waals surface area contributed by atoms with Crippen LogP contribution in [0.4, 0.5) is 0 Å². The molecule has 0 unspecified atom stereocenters. The van der Waals surface area contributed by atoms with Crippen molar-refractivity contribution in [2.24, 2.45) is 11.5 Å². The van der Waals surface area contributed by atoms with Crippen molar-refractivity contribution in [2.45, 2.75) is 12.5 Å². The van der Waals surface area contributed by atoms with Crippen LogP contribution in [0.5, 0.6) is 5.75 Å². The Labute approximate surface area is 137 Å². The van der Waals surface area contributed by atoms with E-state index in [0.717, 1.165) is 5.56 Å². The Hall–Kier alpha value is -0.460. The molecule has 1 rings (SSSR count). The summed E-state index contributed by atoms with van der Waals surface area (Å²) in [5.74, 6) is -1.14. The van der Waals surface area contributed by atoms with Crippen molar-refractivity contribution < 1.29 is 19.4 Å². The molecule has 0 radical (unpaired) electrons. The zero-order valence-corrected chi connectivity index (χ0v) is 14.0. The van der Waals surface area contributed by atoms with Gasteiger partial charge in [-0.2, -0.15) is 0 Å². The standard InChI is InChI=1S/C11H12I2N2O4/c12-6-1-5(3-8(15)11(17)18)2-7(13)10(6)19-9(16)4-14/h1-2,8H,3-4,14-15H2,(H,17,18)/t8-/m0/s1. The number of carbonyl (C=O) groups excluding carboxylic acids is 1. The molecule has 8 heteroatoms. The number of ether oxygens (including phenoxy) is 1. The van der Waals surface area contributed by atoms with Gasteiger partial charge >= 0.3 is 11.9 Å². The Bertz CT molecular complexity index is 484. The van der Waals surface area contributed by atoms with Gasteiger partial charge in [0.15, 0.2) is 5.75 Å². The largest absolute Gasteiger partial charge is 0.480 e. The molecule has 0 amide bonds. The van der Waals surface area contributed by atoms with Crippen LogP contribution in [0.2, 0.25) is 0 Å². The molecule has 1 aromatic carbocycles. The van der Waals surface area contributed by atoms with E-state index in [4.69, 9.17) is 21.3 Å². The first-order valence-electron chi connectivity index (χ1n) is 5.22. The maximum Gasteiger partial charge on any atom is 0.325 e. The van der Waals surface area contributed by atoms with Crippen LogP contribution in [0, 0.1) is 7.14 Å². The summed E-state index contributed by atoms with van der Waals surface area (Å²) in [5, 5.41) is 8.78. The first-order valence-corrected chi connectivity index (χ1v) is 7.38. The highest BCUT2D eigenvalue weighted by molar-refractivity contribution is 14.1. The van der Waals surface area contributed by atoms with Gasteiger partial charge in [0, 0.05) is 0 Å². The van der Waals surface area contributed by atoms with Gasteiger partial charge in [-0.15, -0.1) is 0 Å². The highest BCUT2D eigenvalue weighted by atomic mass is 127. The second-order valence-corrected chi connectivity index (χ2v) is 6.04. The number of carboxylic acid groups (broad SMARTS) is 1. The lowest BCUT2D eigenvalue weighted by atomic mass is 10.1. The molecule has 104 valence electrons. The van der Waals surface area contributed by atoms with Crippen LogP contribution in [-0.2, 0) is 16.0 Å². The van der Waals surface area contributed by atoms with Gasteiger partial charge in [0.1, 0.15) is 6.04 Å². The van der Waals surface area contributed by atoms with E-state index >= 15 is 0 Å². The van der Waals surface area contributed by atoms with Crippen LogP contribution in [0.3, 0.4) is 0 Å². The monoisotopic (exact) mass is 490 g/mol. The normalized spacial score (nSPS) is 12.0. The van der Waals surface area contributed by atoms with E-state index in [0.29, 0.717) is 12.9 Å². The minimum Gasteiger partial charge on any atom is -0.480 e. The average Bonchev–Trinajstić information content (AvgIpc) is 2.33. The predicted molar refractivity (Wildman–Crippen MR) is 85.9 cm³/mol. The van der Waals surface area contributed by atoms with Crippen molar-refractivity contribution in [3.63, 3.8) is 0 Å². The second kappa shape index (κ2) is 7.36. The van der Waals surface area contributed by atoms with Crippen molar-refractivity contribution in [3.05, 3.63) is 24.8 Å². The molecule has 0 spiro atoms. The fraction of sp³-hybridized carbons (Fsp3) is 0.273. The average molecular weight is 490 g/mol. The lowest BCUT2D eigenvalue weighted by Gasteiger charge is -2.12. The summed E-state index contributed by atoms with van der Waals surface area (Å²) in [7, 11) is 0. The third kappa shape index (κ3) is 4.85. The summed E-state index contributed by atoms with van der Waals surface area (Å²) < 4.78 is 6.52. The molecule has 0 aliphatic carbocycles. The van der Waals surface area contributed by atoms with E-state index < -0.39 is 18.0 Å². The number of esters is 1. The van der Waals surface area contributed by atoms with E-state index in [1.807, 2.05) is 45.2 Å². The predicted octanol–water partition coefficient (Wildman–Crippen LogP) is 0.714. The molecule has 5 N–H and O–H groups in total. The number of benzene rings is 1. The van der Waals surface area contributed by atoms with Gasteiger partial charge in [0.25, 0.3) is 0 Å². The van der Waals surface area contributed by atoms with E-state index in [2.05, 4.69) is 0 Å². The van der Waals surface area contributed by atoms with Crippen molar-refractivity contribution in [3.8, 4) is 5.75 Å². The topological polar surface area (TPSA) is 116 Å². The Balaban J connectivity index is 2.96. The van der Waals surface area contributed by atoms with Crippen molar-refractivity contribution >= 4 is 57.1 Å². The molecule has 1 aromatic rings. The van der Waals surface area contributed by atoms with Crippen LogP contribution in [0.15, 0.2) is 12.1 Å². The first kappa shape index (κ1) is 16.6. The smallest absolute Gasteiger partial charge is 0.325 e. The summed E-state index contributed by atoms with van der Waals surface area (Å²) >= 11 is 4.03. The minimum absolute atomic E-state index is 0.197. The van der Waals surface area contributed by atoms with Crippen molar-refractivity contribution in [2.75, 3.05) is 6.54 Å². The van der Waals surface area contributed by atoms with Gasteiger partial charge in [-0.25, -0.2) is 0 Å². The molecule has 0 saturated heterocycles. The van der Waals surface area contributed by atoms with Crippen LogP contribution in [-0.4, -0.2) is 29.6 Å². The lowest BCUT2D eigenvalue weighted by molar-refractivity contribution is -0.138. The van der Waals surface area contributed by atoms with Crippen LogP contribution in [0.25, 0.3) is 0 Å². The summed E-state index contributed by atoms with van der Waals surface area (Å²) in [4.78, 5) is 21.9. The number of hydrogen-bond donors (Lipinski definition) is 3. The Morgan fingerprint density at radius 1 is 1.32 bits per heavy atom. The van der Waals surface area contributed by atoms with Gasteiger partial charge in [-0.05, 0) is 69.3 Å². The van der Waals surface area contributed by atoms with Gasteiger partial charge in [0.2, 0.25) is 0 Å². The van der Waals surface area contributed by atoms with Gasteiger partial charge in [-0.1, -0.05) is 0 Å². The zero-order chi connectivity index (χ0) is 14.6. The fourth-order valence-corrected chi connectivity index (χ4v) is 3.44. The quantitative estimate of drug-likeness (QED) is 0.319. The van der Waals surface area contributed by atoms with Crippen LogP contribution < -0.4 is 16.2 Å². The maximum atomic E-state index is 11.2. The Morgan fingerprint density at radius 2 is 1.84 bits per heavy atom. The highest BCUT2D eigenvalue weighted by Gasteiger charge is 2.16. The van der Waals surface area contributed by atoms with Crippen molar-refractivity contribution in [1.82, 2.24) is 0 Å². The third-order valence-electron chi connectivity index (χ3n) is 2.21. The molecular formula is C11H12I2N2O4. The minimum atomic E-state index is -1.05. The summed E-state index contributed by atoms with van der Waals surface area (Å²) in [6.07, 6.45) is 0.215. The number of carboxylic acids is 1. The van der Waals surface area contributed by atoms with Gasteiger partial charge in [0.05, 0.1) is 13.7 Å². The molecule has 0 aliphatic heterocycles. The van der Waals surface area contributed by atoms with E-state index in [9.17, 15) is 9.59 Å². The molecule has 0 bridgehead atoms. The molecule has 0 saturated carbocycles. The number of carbonyl (C=O) groups is 2. The van der Waals surface area contributed by atoms with E-state index in [1.54, 1.807) is 12.1 Å². The molecule has 19 heavy (non-hydrogen) atoms. The van der Waals surface area contributed by atoms with Crippen molar-refractivity contribution in [1.29, 1.82) is 0 Å². The first-order chi connectivity index (χ1) is 8.85. The van der Waals surface area contributed by atoms with Crippen LogP contribution >= 0.6 is 45.2 Å². The number of nitrogens with two attached hydrogens (primary N) is 2. The zero-order valence-electron chi connectivity index (χ0n) is 9.73. The molecule has 6 nitrogen and oxygen atoms in total. The van der Waals surface area contributed by atoms with Gasteiger partial charge in [-0.3, -0.25) is 9.59 Å². The third-order valence-corrected chi connectivity index (χ3v) is 3.82. The second-order valence-electron chi connectivity index (χ2n) is 3.72. The summed E-state index contributed by atoms with van der Waals surface area (Å²) in [5.41, 5.74) is 11.4. The molecule has 0 heterocycles. The highest BCUT2D eigenvalue weighted by Crippen LogP contribution is 2.29. The van der Waals surface area contributed by atoms with Crippen LogP contribution in [0.1, 0.15) is 5.56 Å². The maximum absolute atomic E-state index is 11.2. The van der Waals surface area contributed by atoms with Gasteiger partial charge < -0.3 is 21.3 Å². The number of rotatable bonds is 5. The number of aliphatic carboxylic acids is 1. The number of halogens is 2. The SMILES string of the molecule is NCC(=O)Oc1c(I)cc(C[C@H](N)C(=O)O)cc1I. The summed E-state index contributed by atoms with van der Waals surface area (Å²) in [6, 6.07) is 2.53. The van der Waals surface area contributed by atoms with E-state index in [1.165, 1.54) is 0 Å². The molecule has 1 atom stereocenters.